The van der Waals surface area contributed by atoms with Gasteiger partial charge in [0.05, 0.1) is 23.8 Å². The van der Waals surface area contributed by atoms with Gasteiger partial charge in [-0.2, -0.15) is 5.26 Å². The number of aryl methyl sites for hydroxylation is 1. The summed E-state index contributed by atoms with van der Waals surface area (Å²) in [5.74, 6) is -0.201. The molecular formula is C21H19N3O2. The number of aliphatic hydroxyl groups excluding tert-OH is 1. The molecule has 0 aliphatic carbocycles. The topological polar surface area (TPSA) is 78.0 Å². The minimum absolute atomic E-state index is 0.0725. The highest BCUT2D eigenvalue weighted by atomic mass is 16.3. The average molecular weight is 345 g/mol. The molecule has 5 nitrogen and oxygen atoms in total. The number of benzene rings is 2. The zero-order valence-electron chi connectivity index (χ0n) is 14.7. The molecule has 0 aliphatic rings. The maximum absolute atomic E-state index is 12.7. The van der Waals surface area contributed by atoms with Crippen molar-refractivity contribution >= 4 is 11.6 Å². The molecule has 0 fully saturated rings. The van der Waals surface area contributed by atoms with E-state index in [1.807, 2.05) is 36.6 Å². The second kappa shape index (κ2) is 7.26. The van der Waals surface area contributed by atoms with Crippen molar-refractivity contribution in [1.29, 1.82) is 5.26 Å². The van der Waals surface area contributed by atoms with Gasteiger partial charge in [-0.05, 0) is 61.9 Å². The van der Waals surface area contributed by atoms with Gasteiger partial charge in [-0.1, -0.05) is 12.1 Å². The Labute approximate surface area is 152 Å². The van der Waals surface area contributed by atoms with Crippen LogP contribution in [0.15, 0.2) is 54.6 Å². The molecule has 3 rings (SSSR count). The van der Waals surface area contributed by atoms with Crippen molar-refractivity contribution < 1.29 is 9.90 Å². The summed E-state index contributed by atoms with van der Waals surface area (Å²) in [7, 11) is 0. The number of nitrogens with zero attached hydrogens (tertiary/aromatic N) is 2. The van der Waals surface area contributed by atoms with Gasteiger partial charge in [0.1, 0.15) is 0 Å². The molecule has 0 atom stereocenters. The monoisotopic (exact) mass is 345 g/mol. The number of amides is 1. The van der Waals surface area contributed by atoms with E-state index in [0.29, 0.717) is 16.8 Å². The molecule has 0 saturated heterocycles. The first kappa shape index (κ1) is 17.5. The quantitative estimate of drug-likeness (QED) is 0.756. The smallest absolute Gasteiger partial charge is 0.257 e. The number of aromatic nitrogens is 1. The zero-order valence-corrected chi connectivity index (χ0v) is 14.7. The van der Waals surface area contributed by atoms with Crippen molar-refractivity contribution in [3.05, 3.63) is 82.7 Å². The summed E-state index contributed by atoms with van der Waals surface area (Å²) in [4.78, 5) is 12.7. The third kappa shape index (κ3) is 3.37. The van der Waals surface area contributed by atoms with Crippen molar-refractivity contribution in [1.82, 2.24) is 4.57 Å². The summed E-state index contributed by atoms with van der Waals surface area (Å²) in [6, 6.07) is 18.3. The largest absolute Gasteiger partial charge is 0.392 e. The molecule has 0 saturated carbocycles. The lowest BCUT2D eigenvalue weighted by Crippen LogP contribution is -2.13. The van der Waals surface area contributed by atoms with E-state index in [1.165, 1.54) is 0 Å². The zero-order chi connectivity index (χ0) is 18.7. The highest BCUT2D eigenvalue weighted by molar-refractivity contribution is 6.05. The van der Waals surface area contributed by atoms with Gasteiger partial charge in [-0.25, -0.2) is 0 Å². The Kier molecular flexibility index (Phi) is 4.87. The second-order valence-electron chi connectivity index (χ2n) is 6.09. The number of nitriles is 1. The van der Waals surface area contributed by atoms with E-state index in [1.54, 1.807) is 36.4 Å². The average Bonchev–Trinajstić information content (AvgIpc) is 2.96. The number of anilines is 1. The minimum Gasteiger partial charge on any atom is -0.392 e. The second-order valence-corrected chi connectivity index (χ2v) is 6.09. The molecule has 0 radical (unpaired) electrons. The van der Waals surface area contributed by atoms with E-state index < -0.39 is 0 Å². The van der Waals surface area contributed by atoms with Crippen LogP contribution in [0.5, 0.6) is 0 Å². The molecule has 130 valence electrons. The van der Waals surface area contributed by atoms with E-state index in [4.69, 9.17) is 5.26 Å². The molecule has 0 spiro atoms. The highest BCUT2D eigenvalue weighted by Crippen LogP contribution is 2.22. The van der Waals surface area contributed by atoms with Gasteiger partial charge in [0.2, 0.25) is 0 Å². The Morgan fingerprint density at radius 1 is 1.15 bits per heavy atom. The molecule has 0 aliphatic heterocycles. The first-order chi connectivity index (χ1) is 12.5. The summed E-state index contributed by atoms with van der Waals surface area (Å²) in [6.45, 7) is 3.76. The summed E-state index contributed by atoms with van der Waals surface area (Å²) >= 11 is 0. The molecule has 2 N–H and O–H groups in total. The predicted molar refractivity (Wildman–Crippen MR) is 100 cm³/mol. The van der Waals surface area contributed by atoms with Crippen LogP contribution in [0.3, 0.4) is 0 Å². The molecule has 26 heavy (non-hydrogen) atoms. The van der Waals surface area contributed by atoms with Crippen LogP contribution in [0.4, 0.5) is 5.69 Å². The number of hydrogen-bond donors (Lipinski definition) is 2. The Morgan fingerprint density at radius 2 is 1.88 bits per heavy atom. The van der Waals surface area contributed by atoms with Crippen LogP contribution in [0, 0.1) is 25.2 Å². The lowest BCUT2D eigenvalue weighted by Gasteiger charge is -2.10. The number of carbonyl (C=O) groups excluding carboxylic acids is 1. The Hall–Kier alpha value is -3.36. The van der Waals surface area contributed by atoms with Crippen molar-refractivity contribution in [3.63, 3.8) is 0 Å². The van der Waals surface area contributed by atoms with Crippen molar-refractivity contribution in [3.8, 4) is 11.8 Å². The van der Waals surface area contributed by atoms with Gasteiger partial charge in [-0.3, -0.25) is 4.79 Å². The van der Waals surface area contributed by atoms with Gasteiger partial charge >= 0.3 is 0 Å². The Bertz CT molecular complexity index is 995. The van der Waals surface area contributed by atoms with E-state index in [2.05, 4.69) is 11.4 Å². The van der Waals surface area contributed by atoms with Crippen LogP contribution in [0.25, 0.3) is 5.69 Å². The van der Waals surface area contributed by atoms with Gasteiger partial charge in [0.15, 0.2) is 0 Å². The van der Waals surface area contributed by atoms with Crippen molar-refractivity contribution in [2.75, 3.05) is 5.32 Å². The summed E-state index contributed by atoms with van der Waals surface area (Å²) < 4.78 is 1.99. The standard InChI is InChI=1S/C21H19N3O2/c1-14-10-20(21(26)23-18-5-3-4-17(11-18)13-25)15(2)24(14)19-8-6-16(12-22)7-9-19/h3-11,25H,13H2,1-2H3,(H,23,26). The number of aliphatic hydroxyl groups is 1. The number of carbonyl (C=O) groups is 1. The lowest BCUT2D eigenvalue weighted by atomic mass is 10.2. The number of hydrogen-bond acceptors (Lipinski definition) is 3. The Balaban J connectivity index is 1.91. The van der Waals surface area contributed by atoms with E-state index in [9.17, 15) is 9.90 Å². The first-order valence-corrected chi connectivity index (χ1v) is 8.24. The third-order valence-corrected chi connectivity index (χ3v) is 4.30. The fraction of sp³-hybridized carbons (Fsp3) is 0.143. The molecule has 5 heteroatoms. The first-order valence-electron chi connectivity index (χ1n) is 8.24. The van der Waals surface area contributed by atoms with Crippen LogP contribution >= 0.6 is 0 Å². The molecule has 2 aromatic carbocycles. The normalized spacial score (nSPS) is 10.4. The van der Waals surface area contributed by atoms with E-state index in [0.717, 1.165) is 22.6 Å². The lowest BCUT2D eigenvalue weighted by molar-refractivity contribution is 0.102. The molecule has 1 aromatic heterocycles. The van der Waals surface area contributed by atoms with Gasteiger partial charge < -0.3 is 15.0 Å². The Morgan fingerprint density at radius 3 is 2.54 bits per heavy atom. The van der Waals surface area contributed by atoms with Gasteiger partial charge in [0, 0.05) is 22.8 Å². The van der Waals surface area contributed by atoms with Crippen LogP contribution in [-0.2, 0) is 6.61 Å². The van der Waals surface area contributed by atoms with Crippen LogP contribution in [0.1, 0.15) is 32.9 Å². The summed E-state index contributed by atoms with van der Waals surface area (Å²) in [6.07, 6.45) is 0. The fourth-order valence-corrected chi connectivity index (χ4v) is 3.02. The molecule has 1 heterocycles. The predicted octanol–water partition coefficient (Wildman–Crippen LogP) is 3.71. The highest BCUT2D eigenvalue weighted by Gasteiger charge is 2.17. The number of nitrogens with one attached hydrogen (secondary N) is 1. The fourth-order valence-electron chi connectivity index (χ4n) is 3.02. The molecule has 3 aromatic rings. The SMILES string of the molecule is Cc1cc(C(=O)Nc2cccc(CO)c2)c(C)n1-c1ccc(C#N)cc1. The van der Waals surface area contributed by atoms with Crippen LogP contribution < -0.4 is 5.32 Å². The van der Waals surface area contributed by atoms with E-state index in [-0.39, 0.29) is 12.5 Å². The maximum atomic E-state index is 12.7. The van der Waals surface area contributed by atoms with Crippen LogP contribution in [-0.4, -0.2) is 15.6 Å². The van der Waals surface area contributed by atoms with Crippen molar-refractivity contribution in [2.24, 2.45) is 0 Å². The summed E-state index contributed by atoms with van der Waals surface area (Å²) in [5.41, 5.74) is 5.22. The molecule has 0 bridgehead atoms. The van der Waals surface area contributed by atoms with Crippen LogP contribution in [0.2, 0.25) is 0 Å². The molecule has 1 amide bonds. The number of rotatable bonds is 4. The van der Waals surface area contributed by atoms with Gasteiger partial charge in [0.25, 0.3) is 5.91 Å². The van der Waals surface area contributed by atoms with Gasteiger partial charge in [-0.15, -0.1) is 0 Å². The molecular weight excluding hydrogens is 326 g/mol. The third-order valence-electron chi connectivity index (χ3n) is 4.30. The minimum atomic E-state index is -0.201. The maximum Gasteiger partial charge on any atom is 0.257 e. The summed E-state index contributed by atoms with van der Waals surface area (Å²) in [5, 5.41) is 21.0. The van der Waals surface area contributed by atoms with E-state index >= 15 is 0 Å². The van der Waals surface area contributed by atoms with Crippen molar-refractivity contribution in [2.45, 2.75) is 20.5 Å². The molecule has 0 unspecified atom stereocenters.